The van der Waals surface area contributed by atoms with Crippen LogP contribution in [0.1, 0.15) is 0 Å². The maximum absolute atomic E-state index is 6.37. The first kappa shape index (κ1) is 13.3. The van der Waals surface area contributed by atoms with Crippen LogP contribution in [0.15, 0.2) is 65.1 Å². The largest absolute Gasteiger partial charge is 0.135 e. The molecule has 4 rings (SSSR count). The zero-order valence-electron chi connectivity index (χ0n) is 10.9. The van der Waals surface area contributed by atoms with Crippen LogP contribution in [0, 0.1) is 0 Å². The van der Waals surface area contributed by atoms with Gasteiger partial charge in [0, 0.05) is 35.2 Å². The first-order valence-corrected chi connectivity index (χ1v) is 8.58. The highest BCUT2D eigenvalue weighted by molar-refractivity contribution is 9.10. The second-order valence-electron chi connectivity index (χ2n) is 4.91. The van der Waals surface area contributed by atoms with Crippen molar-refractivity contribution in [2.75, 3.05) is 0 Å². The van der Waals surface area contributed by atoms with Gasteiger partial charge in [-0.3, -0.25) is 0 Å². The number of benzene rings is 3. The Balaban J connectivity index is 2.01. The third-order valence-electron chi connectivity index (χ3n) is 3.63. The van der Waals surface area contributed by atoms with E-state index in [9.17, 15) is 0 Å². The zero-order valence-corrected chi connectivity index (χ0v) is 14.1. The number of hydrogen-bond acceptors (Lipinski definition) is 1. The van der Waals surface area contributed by atoms with Gasteiger partial charge in [-0.05, 0) is 29.8 Å². The lowest BCUT2D eigenvalue weighted by Crippen LogP contribution is -1.81. The molecule has 3 heteroatoms. The molecule has 21 heavy (non-hydrogen) atoms. The molecule has 0 nitrogen and oxygen atoms in total. The molecule has 0 saturated heterocycles. The summed E-state index contributed by atoms with van der Waals surface area (Å²) in [5, 5.41) is 3.40. The Hall–Kier alpha value is -1.35. The van der Waals surface area contributed by atoms with Gasteiger partial charge in [-0.15, -0.1) is 11.3 Å². The Morgan fingerprint density at radius 2 is 1.62 bits per heavy atom. The van der Waals surface area contributed by atoms with Gasteiger partial charge in [0.2, 0.25) is 0 Å². The van der Waals surface area contributed by atoms with Crippen LogP contribution in [0.25, 0.3) is 31.3 Å². The summed E-state index contributed by atoms with van der Waals surface area (Å²) in [6.07, 6.45) is 0. The summed E-state index contributed by atoms with van der Waals surface area (Å²) in [4.78, 5) is 0. The molecule has 0 fully saturated rings. The molecule has 0 aliphatic carbocycles. The van der Waals surface area contributed by atoms with Gasteiger partial charge >= 0.3 is 0 Å². The molecule has 0 saturated carbocycles. The van der Waals surface area contributed by atoms with E-state index in [2.05, 4.69) is 58.4 Å². The molecule has 1 heterocycles. The molecule has 0 radical (unpaired) electrons. The first-order chi connectivity index (χ1) is 10.2. The lowest BCUT2D eigenvalue weighted by atomic mass is 10.0. The molecule has 102 valence electrons. The molecule has 0 N–H and O–H groups in total. The normalized spacial score (nSPS) is 11.3. The van der Waals surface area contributed by atoms with E-state index < -0.39 is 0 Å². The van der Waals surface area contributed by atoms with Crippen LogP contribution in [0.5, 0.6) is 0 Å². The molecular weight excluding hydrogens is 364 g/mol. The van der Waals surface area contributed by atoms with Crippen molar-refractivity contribution in [2.45, 2.75) is 0 Å². The summed E-state index contributed by atoms with van der Waals surface area (Å²) < 4.78 is 3.64. The molecule has 1 aromatic heterocycles. The number of hydrogen-bond donors (Lipinski definition) is 0. The predicted molar refractivity (Wildman–Crippen MR) is 97.5 cm³/mol. The number of fused-ring (bicyclic) bond motifs is 3. The van der Waals surface area contributed by atoms with Crippen LogP contribution < -0.4 is 0 Å². The van der Waals surface area contributed by atoms with Crippen LogP contribution >= 0.6 is 38.9 Å². The molecule has 4 aromatic rings. The summed E-state index contributed by atoms with van der Waals surface area (Å²) in [6.45, 7) is 0. The second kappa shape index (κ2) is 5.13. The van der Waals surface area contributed by atoms with Gasteiger partial charge < -0.3 is 0 Å². The van der Waals surface area contributed by atoms with E-state index in [1.54, 1.807) is 0 Å². The highest BCUT2D eigenvalue weighted by Gasteiger charge is 2.10. The fourth-order valence-electron chi connectivity index (χ4n) is 2.66. The average molecular weight is 374 g/mol. The summed E-state index contributed by atoms with van der Waals surface area (Å²) in [5.74, 6) is 0. The van der Waals surface area contributed by atoms with Crippen LogP contribution in [-0.2, 0) is 0 Å². The minimum absolute atomic E-state index is 0.768. The van der Waals surface area contributed by atoms with E-state index in [4.69, 9.17) is 11.6 Å². The fourth-order valence-corrected chi connectivity index (χ4v) is 4.79. The van der Waals surface area contributed by atoms with Gasteiger partial charge in [0.1, 0.15) is 0 Å². The van der Waals surface area contributed by atoms with Gasteiger partial charge in [0.05, 0.1) is 0 Å². The molecule has 0 amide bonds. The Kier molecular flexibility index (Phi) is 3.26. The Morgan fingerprint density at radius 1 is 0.810 bits per heavy atom. The van der Waals surface area contributed by atoms with Crippen LogP contribution in [0.3, 0.4) is 0 Å². The molecule has 0 bridgehead atoms. The van der Waals surface area contributed by atoms with E-state index in [0.717, 1.165) is 20.6 Å². The second-order valence-corrected chi connectivity index (χ2v) is 7.25. The highest BCUT2D eigenvalue weighted by Crippen LogP contribution is 2.39. The van der Waals surface area contributed by atoms with Crippen LogP contribution in [0.2, 0.25) is 5.02 Å². The van der Waals surface area contributed by atoms with Crippen molar-refractivity contribution in [3.63, 3.8) is 0 Å². The van der Waals surface area contributed by atoms with Crippen molar-refractivity contribution >= 4 is 59.0 Å². The van der Waals surface area contributed by atoms with Crippen LogP contribution in [0.4, 0.5) is 0 Å². The lowest BCUT2D eigenvalue weighted by molar-refractivity contribution is 1.61. The van der Waals surface area contributed by atoms with Crippen molar-refractivity contribution < 1.29 is 0 Å². The van der Waals surface area contributed by atoms with Gasteiger partial charge in [-0.25, -0.2) is 0 Å². The molecular formula is C18H10BrClS. The van der Waals surface area contributed by atoms with Crippen molar-refractivity contribution in [3.8, 4) is 11.1 Å². The lowest BCUT2D eigenvalue weighted by Gasteiger charge is -2.07. The van der Waals surface area contributed by atoms with Gasteiger partial charge in [-0.1, -0.05) is 63.9 Å². The molecule has 0 atom stereocenters. The van der Waals surface area contributed by atoms with Crippen molar-refractivity contribution in [1.82, 2.24) is 0 Å². The fraction of sp³-hybridized carbons (Fsp3) is 0. The van der Waals surface area contributed by atoms with Crippen LogP contribution in [-0.4, -0.2) is 0 Å². The minimum Gasteiger partial charge on any atom is -0.135 e. The molecule has 0 spiro atoms. The SMILES string of the molecule is Clc1cccc(Br)c1-c1ccc2c(c1)sc1ccccc12. The highest BCUT2D eigenvalue weighted by atomic mass is 79.9. The van der Waals surface area contributed by atoms with Gasteiger partial charge in [0.15, 0.2) is 0 Å². The van der Waals surface area contributed by atoms with Crippen molar-refractivity contribution in [3.05, 3.63) is 70.2 Å². The van der Waals surface area contributed by atoms with Gasteiger partial charge in [0.25, 0.3) is 0 Å². The first-order valence-electron chi connectivity index (χ1n) is 6.60. The van der Waals surface area contributed by atoms with Gasteiger partial charge in [-0.2, -0.15) is 0 Å². The number of thiophene rings is 1. The topological polar surface area (TPSA) is 0 Å². The monoisotopic (exact) mass is 372 g/mol. The van der Waals surface area contributed by atoms with E-state index in [0.29, 0.717) is 0 Å². The van der Waals surface area contributed by atoms with E-state index in [1.165, 1.54) is 20.2 Å². The maximum atomic E-state index is 6.37. The molecule has 3 aromatic carbocycles. The van der Waals surface area contributed by atoms with Crippen molar-refractivity contribution in [2.24, 2.45) is 0 Å². The number of halogens is 2. The summed E-state index contributed by atoms with van der Waals surface area (Å²) in [5.41, 5.74) is 2.20. The Labute approximate surface area is 140 Å². The zero-order chi connectivity index (χ0) is 14.4. The quantitative estimate of drug-likeness (QED) is 0.332. The van der Waals surface area contributed by atoms with E-state index in [-0.39, 0.29) is 0 Å². The third-order valence-corrected chi connectivity index (χ3v) is 5.74. The standard InChI is InChI=1S/C18H10BrClS/c19-14-5-3-6-15(20)18(14)11-8-9-13-12-4-1-2-7-16(12)21-17(13)10-11/h1-10H. The maximum Gasteiger partial charge on any atom is 0.0495 e. The molecule has 0 unspecified atom stereocenters. The predicted octanol–water partition coefficient (Wildman–Crippen LogP) is 7.14. The average Bonchev–Trinajstić information content (AvgIpc) is 2.85. The van der Waals surface area contributed by atoms with Crippen molar-refractivity contribution in [1.29, 1.82) is 0 Å². The Morgan fingerprint density at radius 3 is 2.48 bits per heavy atom. The minimum atomic E-state index is 0.768. The third kappa shape index (κ3) is 2.18. The molecule has 0 aliphatic heterocycles. The summed E-state index contributed by atoms with van der Waals surface area (Å²) in [6, 6.07) is 21.0. The summed E-state index contributed by atoms with van der Waals surface area (Å²) >= 11 is 11.8. The molecule has 0 aliphatic rings. The van der Waals surface area contributed by atoms with E-state index in [1.807, 2.05) is 29.5 Å². The smallest absolute Gasteiger partial charge is 0.0495 e. The summed E-state index contributed by atoms with van der Waals surface area (Å²) in [7, 11) is 0. The Bertz CT molecular complexity index is 951. The number of rotatable bonds is 1. The van der Waals surface area contributed by atoms with E-state index >= 15 is 0 Å².